The molecule has 0 unspecified atom stereocenters. The lowest BCUT2D eigenvalue weighted by atomic mass is 10.4. The summed E-state index contributed by atoms with van der Waals surface area (Å²) in [5, 5.41) is 3.26. The van der Waals surface area contributed by atoms with Gasteiger partial charge in [-0.3, -0.25) is 4.98 Å². The Morgan fingerprint density at radius 1 is 1.50 bits per heavy atom. The maximum atomic E-state index is 4.51. The first-order valence-corrected chi connectivity index (χ1v) is 4.79. The highest BCUT2D eigenvalue weighted by Gasteiger charge is 2.05. The third-order valence-corrected chi connectivity index (χ3v) is 2.31. The number of nitrogens with one attached hydrogen (secondary N) is 1. The SMILES string of the molecule is CCNCc1nc2ccncc2n1C. The molecule has 1 N–H and O–H groups in total. The first-order chi connectivity index (χ1) is 6.83. The van der Waals surface area contributed by atoms with Crippen LogP contribution < -0.4 is 5.32 Å². The Labute approximate surface area is 83.0 Å². The van der Waals surface area contributed by atoms with Gasteiger partial charge in [0.1, 0.15) is 5.82 Å². The molecule has 74 valence electrons. The predicted molar refractivity (Wildman–Crippen MR) is 55.9 cm³/mol. The Bertz CT molecular complexity index is 433. The van der Waals surface area contributed by atoms with Crippen LogP contribution in [0.4, 0.5) is 0 Å². The van der Waals surface area contributed by atoms with Crippen LogP contribution in [0.5, 0.6) is 0 Å². The Hall–Kier alpha value is -1.42. The van der Waals surface area contributed by atoms with Gasteiger partial charge in [0, 0.05) is 13.2 Å². The quantitative estimate of drug-likeness (QED) is 0.787. The number of hydrogen-bond acceptors (Lipinski definition) is 3. The van der Waals surface area contributed by atoms with Crippen molar-refractivity contribution in [1.82, 2.24) is 19.9 Å². The van der Waals surface area contributed by atoms with Crippen LogP contribution in [0.25, 0.3) is 11.0 Å². The molecule has 0 radical (unpaired) electrons. The average molecular weight is 190 g/mol. The first kappa shape index (κ1) is 9.15. The minimum atomic E-state index is 0.807. The van der Waals surface area contributed by atoms with Gasteiger partial charge in [-0.1, -0.05) is 6.92 Å². The normalized spacial score (nSPS) is 11.0. The average Bonchev–Trinajstić information content (AvgIpc) is 2.54. The van der Waals surface area contributed by atoms with Crippen molar-refractivity contribution in [2.24, 2.45) is 7.05 Å². The molecular weight excluding hydrogens is 176 g/mol. The van der Waals surface area contributed by atoms with Gasteiger partial charge >= 0.3 is 0 Å². The minimum Gasteiger partial charge on any atom is -0.329 e. The van der Waals surface area contributed by atoms with Gasteiger partial charge in [-0.05, 0) is 12.6 Å². The molecule has 0 amide bonds. The van der Waals surface area contributed by atoms with Gasteiger partial charge in [0.05, 0.1) is 23.8 Å². The van der Waals surface area contributed by atoms with Crippen molar-refractivity contribution < 1.29 is 0 Å². The van der Waals surface area contributed by atoms with E-state index in [2.05, 4.69) is 26.8 Å². The number of aryl methyl sites for hydroxylation is 1. The maximum Gasteiger partial charge on any atom is 0.123 e. The van der Waals surface area contributed by atoms with Crippen molar-refractivity contribution in [3.63, 3.8) is 0 Å². The predicted octanol–water partition coefficient (Wildman–Crippen LogP) is 1.08. The van der Waals surface area contributed by atoms with E-state index >= 15 is 0 Å². The summed E-state index contributed by atoms with van der Waals surface area (Å²) in [5.74, 6) is 1.05. The standard InChI is InChI=1S/C10H14N4/c1-3-11-7-10-13-8-4-5-12-6-9(8)14(10)2/h4-6,11H,3,7H2,1-2H3. The molecule has 2 heterocycles. The molecular formula is C10H14N4. The fourth-order valence-corrected chi connectivity index (χ4v) is 1.48. The van der Waals surface area contributed by atoms with E-state index in [4.69, 9.17) is 0 Å². The highest BCUT2D eigenvalue weighted by atomic mass is 15.1. The van der Waals surface area contributed by atoms with Gasteiger partial charge in [-0.2, -0.15) is 0 Å². The number of aromatic nitrogens is 3. The zero-order valence-corrected chi connectivity index (χ0v) is 8.49. The molecule has 2 aromatic heterocycles. The number of rotatable bonds is 3. The summed E-state index contributed by atoms with van der Waals surface area (Å²) in [6.07, 6.45) is 3.62. The number of imidazole rings is 1. The second kappa shape index (κ2) is 3.75. The summed E-state index contributed by atoms with van der Waals surface area (Å²) < 4.78 is 2.07. The van der Waals surface area contributed by atoms with Crippen molar-refractivity contribution in [2.45, 2.75) is 13.5 Å². The third-order valence-electron chi connectivity index (χ3n) is 2.31. The zero-order chi connectivity index (χ0) is 9.97. The Morgan fingerprint density at radius 3 is 3.07 bits per heavy atom. The molecule has 0 aromatic carbocycles. The van der Waals surface area contributed by atoms with E-state index in [0.29, 0.717) is 0 Å². The molecule has 0 spiro atoms. The summed E-state index contributed by atoms with van der Waals surface area (Å²) in [5.41, 5.74) is 2.09. The van der Waals surface area contributed by atoms with E-state index in [1.54, 1.807) is 6.20 Å². The van der Waals surface area contributed by atoms with Crippen molar-refractivity contribution in [1.29, 1.82) is 0 Å². The Balaban J connectivity index is 2.41. The van der Waals surface area contributed by atoms with Crippen molar-refractivity contribution in [3.05, 3.63) is 24.3 Å². The van der Waals surface area contributed by atoms with Crippen LogP contribution in [0.1, 0.15) is 12.7 Å². The van der Waals surface area contributed by atoms with Gasteiger partial charge in [0.2, 0.25) is 0 Å². The topological polar surface area (TPSA) is 42.7 Å². The number of hydrogen-bond donors (Lipinski definition) is 1. The van der Waals surface area contributed by atoms with Crippen LogP contribution in [0, 0.1) is 0 Å². The first-order valence-electron chi connectivity index (χ1n) is 4.79. The summed E-state index contributed by atoms with van der Waals surface area (Å²) >= 11 is 0. The molecule has 0 aliphatic rings. The fraction of sp³-hybridized carbons (Fsp3) is 0.400. The van der Waals surface area contributed by atoms with Crippen LogP contribution in [0.2, 0.25) is 0 Å². The van der Waals surface area contributed by atoms with E-state index in [0.717, 1.165) is 29.9 Å². The number of pyridine rings is 1. The molecule has 0 saturated carbocycles. The van der Waals surface area contributed by atoms with E-state index in [-0.39, 0.29) is 0 Å². The minimum absolute atomic E-state index is 0.807. The lowest BCUT2D eigenvalue weighted by Crippen LogP contribution is -2.15. The molecule has 0 saturated heterocycles. The van der Waals surface area contributed by atoms with Crippen LogP contribution in [0.3, 0.4) is 0 Å². The highest BCUT2D eigenvalue weighted by Crippen LogP contribution is 2.12. The Kier molecular flexibility index (Phi) is 2.45. The molecule has 0 bridgehead atoms. The maximum absolute atomic E-state index is 4.51. The van der Waals surface area contributed by atoms with Crippen LogP contribution >= 0.6 is 0 Å². The van der Waals surface area contributed by atoms with Crippen molar-refractivity contribution in [3.8, 4) is 0 Å². The zero-order valence-electron chi connectivity index (χ0n) is 8.49. The smallest absolute Gasteiger partial charge is 0.123 e. The Morgan fingerprint density at radius 2 is 2.36 bits per heavy atom. The van der Waals surface area contributed by atoms with Crippen LogP contribution in [-0.4, -0.2) is 21.1 Å². The summed E-state index contributed by atoms with van der Waals surface area (Å²) in [7, 11) is 2.02. The van der Waals surface area contributed by atoms with Gasteiger partial charge in [0.15, 0.2) is 0 Å². The van der Waals surface area contributed by atoms with Gasteiger partial charge in [-0.25, -0.2) is 4.98 Å². The molecule has 14 heavy (non-hydrogen) atoms. The number of nitrogens with zero attached hydrogens (tertiary/aromatic N) is 3. The van der Waals surface area contributed by atoms with E-state index in [1.807, 2.05) is 19.3 Å². The highest BCUT2D eigenvalue weighted by molar-refractivity contribution is 5.74. The molecule has 2 aromatic rings. The van der Waals surface area contributed by atoms with Crippen LogP contribution in [-0.2, 0) is 13.6 Å². The van der Waals surface area contributed by atoms with Crippen molar-refractivity contribution >= 4 is 11.0 Å². The third kappa shape index (κ3) is 1.48. The molecule has 0 atom stereocenters. The molecule has 2 rings (SSSR count). The molecule has 4 heteroatoms. The summed E-state index contributed by atoms with van der Waals surface area (Å²) in [6, 6.07) is 1.94. The molecule has 4 nitrogen and oxygen atoms in total. The van der Waals surface area contributed by atoms with Crippen molar-refractivity contribution in [2.75, 3.05) is 6.54 Å². The lowest BCUT2D eigenvalue weighted by Gasteiger charge is -2.01. The number of fused-ring (bicyclic) bond motifs is 1. The van der Waals surface area contributed by atoms with Gasteiger partial charge in [0.25, 0.3) is 0 Å². The van der Waals surface area contributed by atoms with E-state index in [1.165, 1.54) is 0 Å². The summed E-state index contributed by atoms with van der Waals surface area (Å²) in [4.78, 5) is 8.60. The van der Waals surface area contributed by atoms with E-state index < -0.39 is 0 Å². The second-order valence-corrected chi connectivity index (χ2v) is 3.23. The fourth-order valence-electron chi connectivity index (χ4n) is 1.48. The summed E-state index contributed by atoms with van der Waals surface area (Å²) in [6.45, 7) is 3.85. The monoisotopic (exact) mass is 190 g/mol. The lowest BCUT2D eigenvalue weighted by molar-refractivity contribution is 0.667. The second-order valence-electron chi connectivity index (χ2n) is 3.23. The largest absolute Gasteiger partial charge is 0.329 e. The van der Waals surface area contributed by atoms with E-state index in [9.17, 15) is 0 Å². The van der Waals surface area contributed by atoms with Gasteiger partial charge in [-0.15, -0.1) is 0 Å². The molecule has 0 aliphatic carbocycles. The molecule has 0 aliphatic heterocycles. The molecule has 0 fully saturated rings. The van der Waals surface area contributed by atoms with Gasteiger partial charge < -0.3 is 9.88 Å². The van der Waals surface area contributed by atoms with Crippen LogP contribution in [0.15, 0.2) is 18.5 Å².